The van der Waals surface area contributed by atoms with Crippen molar-refractivity contribution in [1.29, 1.82) is 0 Å². The third kappa shape index (κ3) is 3.30. The van der Waals surface area contributed by atoms with Crippen LogP contribution in [0.3, 0.4) is 0 Å². The van der Waals surface area contributed by atoms with E-state index >= 15 is 0 Å². The number of nitrogens with one attached hydrogen (secondary N) is 1. The van der Waals surface area contributed by atoms with Gasteiger partial charge in [-0.3, -0.25) is 0 Å². The summed E-state index contributed by atoms with van der Waals surface area (Å²) >= 11 is 0. The molecule has 0 unspecified atom stereocenters. The summed E-state index contributed by atoms with van der Waals surface area (Å²) < 4.78 is 0. The van der Waals surface area contributed by atoms with Crippen LogP contribution in [-0.4, -0.2) is 35.1 Å². The molecule has 2 aromatic heterocycles. The van der Waals surface area contributed by atoms with Gasteiger partial charge in [0.15, 0.2) is 0 Å². The minimum Gasteiger partial charge on any atom is -0.367 e. The number of hydrogen-bond donors (Lipinski definition) is 2. The lowest BCUT2D eigenvalue weighted by Crippen LogP contribution is -2.22. The fourth-order valence-corrected chi connectivity index (χ4v) is 1.78. The molecule has 18 heavy (non-hydrogen) atoms. The molecule has 0 aromatic carbocycles. The van der Waals surface area contributed by atoms with Crippen molar-refractivity contribution in [3.05, 3.63) is 42.1 Å². The van der Waals surface area contributed by atoms with Crippen molar-refractivity contribution in [2.24, 2.45) is 5.73 Å². The van der Waals surface area contributed by atoms with E-state index in [2.05, 4.69) is 25.9 Å². The van der Waals surface area contributed by atoms with Crippen LogP contribution < -0.4 is 10.6 Å². The molecule has 0 fully saturated rings. The van der Waals surface area contributed by atoms with Crippen LogP contribution in [0.4, 0.5) is 5.82 Å². The maximum Gasteiger partial charge on any atom is 0.131 e. The van der Waals surface area contributed by atoms with E-state index in [0.717, 1.165) is 31.0 Å². The van der Waals surface area contributed by atoms with Crippen molar-refractivity contribution in [2.45, 2.75) is 12.8 Å². The van der Waals surface area contributed by atoms with E-state index in [9.17, 15) is 0 Å². The molecule has 0 atom stereocenters. The second kappa shape index (κ2) is 6.16. The van der Waals surface area contributed by atoms with Gasteiger partial charge in [-0.15, -0.1) is 0 Å². The first kappa shape index (κ1) is 12.6. The van der Waals surface area contributed by atoms with Crippen molar-refractivity contribution < 1.29 is 0 Å². The highest BCUT2D eigenvalue weighted by Gasteiger charge is 2.04. The Balaban J connectivity index is 1.95. The predicted molar refractivity (Wildman–Crippen MR) is 72.6 cm³/mol. The number of likely N-dealkylation sites (N-methyl/N-ethyl adjacent to an activating group) is 1. The van der Waals surface area contributed by atoms with E-state index in [0.29, 0.717) is 6.54 Å². The second-order valence-electron chi connectivity index (χ2n) is 4.26. The fourth-order valence-electron chi connectivity index (χ4n) is 1.78. The highest BCUT2D eigenvalue weighted by molar-refractivity contribution is 5.36. The summed E-state index contributed by atoms with van der Waals surface area (Å²) in [5.74, 6) is 1.76. The molecule has 0 spiro atoms. The van der Waals surface area contributed by atoms with E-state index < -0.39 is 0 Å². The molecule has 96 valence electrons. The van der Waals surface area contributed by atoms with Crippen LogP contribution in [0.2, 0.25) is 0 Å². The van der Waals surface area contributed by atoms with Gasteiger partial charge in [-0.25, -0.2) is 9.97 Å². The third-order valence-electron chi connectivity index (χ3n) is 2.85. The van der Waals surface area contributed by atoms with Crippen LogP contribution in [-0.2, 0) is 12.8 Å². The average molecular weight is 245 g/mol. The Hall–Kier alpha value is -1.88. The van der Waals surface area contributed by atoms with Gasteiger partial charge in [0, 0.05) is 38.6 Å². The fraction of sp³-hybridized carbons (Fsp3) is 0.385. The summed E-state index contributed by atoms with van der Waals surface area (Å²) in [5.41, 5.74) is 6.82. The van der Waals surface area contributed by atoms with Crippen molar-refractivity contribution in [1.82, 2.24) is 15.0 Å². The molecule has 2 aromatic rings. The average Bonchev–Trinajstić information content (AvgIpc) is 2.90. The Morgan fingerprint density at radius 1 is 1.33 bits per heavy atom. The van der Waals surface area contributed by atoms with Crippen molar-refractivity contribution in [2.75, 3.05) is 25.0 Å². The molecule has 0 aliphatic carbocycles. The molecule has 2 rings (SSSR count). The smallest absolute Gasteiger partial charge is 0.131 e. The zero-order chi connectivity index (χ0) is 12.8. The van der Waals surface area contributed by atoms with Gasteiger partial charge in [-0.2, -0.15) is 0 Å². The maximum absolute atomic E-state index is 5.51. The summed E-state index contributed by atoms with van der Waals surface area (Å²) in [6.45, 7) is 1.51. The minimum absolute atomic E-state index is 0.580. The van der Waals surface area contributed by atoms with Gasteiger partial charge in [0.2, 0.25) is 0 Å². The minimum atomic E-state index is 0.580. The summed E-state index contributed by atoms with van der Waals surface area (Å²) in [6, 6.07) is 4.02. The van der Waals surface area contributed by atoms with Crippen LogP contribution in [0, 0.1) is 0 Å². The van der Waals surface area contributed by atoms with Crippen molar-refractivity contribution in [3.8, 4) is 0 Å². The monoisotopic (exact) mass is 245 g/mol. The number of nitrogens with zero attached hydrogens (tertiary/aromatic N) is 3. The van der Waals surface area contributed by atoms with Crippen LogP contribution in [0.1, 0.15) is 11.4 Å². The molecule has 0 amide bonds. The third-order valence-corrected chi connectivity index (χ3v) is 2.85. The van der Waals surface area contributed by atoms with Gasteiger partial charge in [0.25, 0.3) is 0 Å². The van der Waals surface area contributed by atoms with Crippen molar-refractivity contribution in [3.63, 3.8) is 0 Å². The van der Waals surface area contributed by atoms with E-state index in [-0.39, 0.29) is 0 Å². The Kier molecular flexibility index (Phi) is 4.30. The SMILES string of the molecule is CN(CCc1cc[nH]c1)c1ccnc(CCN)n1. The summed E-state index contributed by atoms with van der Waals surface area (Å²) in [6.07, 6.45) is 7.48. The van der Waals surface area contributed by atoms with Crippen LogP contribution in [0.25, 0.3) is 0 Å². The number of nitrogens with two attached hydrogens (primary N) is 1. The molecule has 0 saturated heterocycles. The van der Waals surface area contributed by atoms with Crippen LogP contribution in [0.5, 0.6) is 0 Å². The lowest BCUT2D eigenvalue weighted by atomic mass is 10.2. The second-order valence-corrected chi connectivity index (χ2v) is 4.26. The zero-order valence-corrected chi connectivity index (χ0v) is 10.6. The summed E-state index contributed by atoms with van der Waals surface area (Å²) in [5, 5.41) is 0. The van der Waals surface area contributed by atoms with E-state index in [1.165, 1.54) is 5.56 Å². The molecule has 3 N–H and O–H groups in total. The number of H-pyrrole nitrogens is 1. The first-order valence-corrected chi connectivity index (χ1v) is 6.14. The number of aromatic nitrogens is 3. The van der Waals surface area contributed by atoms with E-state index in [1.807, 2.05) is 25.5 Å². The number of aromatic amines is 1. The van der Waals surface area contributed by atoms with Crippen LogP contribution >= 0.6 is 0 Å². The molecular formula is C13H19N5. The topological polar surface area (TPSA) is 70.8 Å². The van der Waals surface area contributed by atoms with Gasteiger partial charge >= 0.3 is 0 Å². The van der Waals surface area contributed by atoms with Gasteiger partial charge in [-0.05, 0) is 30.7 Å². The van der Waals surface area contributed by atoms with E-state index in [1.54, 1.807) is 6.20 Å². The molecule has 0 aliphatic rings. The normalized spacial score (nSPS) is 10.6. The Morgan fingerprint density at radius 2 is 2.22 bits per heavy atom. The Bertz CT molecular complexity index is 466. The molecule has 5 nitrogen and oxygen atoms in total. The quantitative estimate of drug-likeness (QED) is 0.796. The lowest BCUT2D eigenvalue weighted by Gasteiger charge is -2.18. The highest BCUT2D eigenvalue weighted by atomic mass is 15.2. The van der Waals surface area contributed by atoms with Crippen LogP contribution in [0.15, 0.2) is 30.7 Å². The molecule has 0 saturated carbocycles. The van der Waals surface area contributed by atoms with Crippen molar-refractivity contribution >= 4 is 5.82 Å². The molecule has 0 bridgehead atoms. The summed E-state index contributed by atoms with van der Waals surface area (Å²) in [7, 11) is 2.04. The Labute approximate surface area is 107 Å². The standard InChI is InChI=1S/C13H19N5/c1-18(9-5-11-3-7-15-10-11)13-4-8-16-12(17-13)2-6-14/h3-4,7-8,10,15H,2,5-6,9,14H2,1H3. The number of rotatable bonds is 6. The molecule has 5 heteroatoms. The first-order chi connectivity index (χ1) is 8.79. The lowest BCUT2D eigenvalue weighted by molar-refractivity contribution is 0.821. The molecule has 0 aliphatic heterocycles. The zero-order valence-electron chi connectivity index (χ0n) is 10.6. The molecule has 2 heterocycles. The van der Waals surface area contributed by atoms with Gasteiger partial charge in [0.1, 0.15) is 11.6 Å². The predicted octanol–water partition coefficient (Wildman–Crippen LogP) is 0.985. The Morgan fingerprint density at radius 3 is 2.94 bits per heavy atom. The van der Waals surface area contributed by atoms with Gasteiger partial charge < -0.3 is 15.6 Å². The largest absolute Gasteiger partial charge is 0.367 e. The highest BCUT2D eigenvalue weighted by Crippen LogP contribution is 2.09. The molecule has 0 radical (unpaired) electrons. The number of hydrogen-bond acceptors (Lipinski definition) is 4. The van der Waals surface area contributed by atoms with E-state index in [4.69, 9.17) is 5.73 Å². The van der Waals surface area contributed by atoms with Gasteiger partial charge in [-0.1, -0.05) is 0 Å². The van der Waals surface area contributed by atoms with Gasteiger partial charge in [0.05, 0.1) is 0 Å². The first-order valence-electron chi connectivity index (χ1n) is 6.14. The summed E-state index contributed by atoms with van der Waals surface area (Å²) in [4.78, 5) is 13.9. The molecular weight excluding hydrogens is 226 g/mol. The maximum atomic E-state index is 5.51. The number of anilines is 1.